The van der Waals surface area contributed by atoms with Crippen LogP contribution in [0.25, 0.3) is 0 Å². The van der Waals surface area contributed by atoms with E-state index in [0.717, 1.165) is 32.1 Å². The summed E-state index contributed by atoms with van der Waals surface area (Å²) in [6.45, 7) is 2.19. The van der Waals surface area contributed by atoms with Gasteiger partial charge in [-0.1, -0.05) is 62.2 Å². The molecule has 33 heavy (non-hydrogen) atoms. The monoisotopic (exact) mass is 465 g/mol. The van der Waals surface area contributed by atoms with Gasteiger partial charge in [0, 0.05) is 19.4 Å². The SMILES string of the molecule is COC(=O)CCCCCCN1C(=O)C(F)(F)CC1C=CC(O)C(C)CCCc1ccccc1. The van der Waals surface area contributed by atoms with Crippen LogP contribution in [0, 0.1) is 5.92 Å². The number of likely N-dealkylation sites (tertiary alicyclic amines) is 1. The molecule has 1 fully saturated rings. The number of methoxy groups -OCH3 is 1. The summed E-state index contributed by atoms with van der Waals surface area (Å²) < 4.78 is 32.7. The maximum absolute atomic E-state index is 14.1. The molecule has 5 nitrogen and oxygen atoms in total. The molecule has 3 atom stereocenters. The zero-order valence-electron chi connectivity index (χ0n) is 19.7. The van der Waals surface area contributed by atoms with Gasteiger partial charge < -0.3 is 14.7 Å². The Morgan fingerprint density at radius 2 is 1.91 bits per heavy atom. The van der Waals surface area contributed by atoms with Gasteiger partial charge in [0.2, 0.25) is 0 Å². The van der Waals surface area contributed by atoms with E-state index in [-0.39, 0.29) is 18.4 Å². The average molecular weight is 466 g/mol. The summed E-state index contributed by atoms with van der Waals surface area (Å²) >= 11 is 0. The molecule has 3 unspecified atom stereocenters. The number of nitrogens with zero attached hydrogens (tertiary/aromatic N) is 1. The molecule has 0 spiro atoms. The molecule has 1 heterocycles. The summed E-state index contributed by atoms with van der Waals surface area (Å²) in [7, 11) is 1.34. The van der Waals surface area contributed by atoms with Crippen LogP contribution >= 0.6 is 0 Å². The number of alkyl halides is 2. The van der Waals surface area contributed by atoms with Crippen LogP contribution in [-0.2, 0) is 20.7 Å². The molecule has 0 saturated carbocycles. The Kier molecular flexibility index (Phi) is 11.0. The van der Waals surface area contributed by atoms with E-state index in [4.69, 9.17) is 0 Å². The molecule has 1 aromatic rings. The van der Waals surface area contributed by atoms with E-state index >= 15 is 0 Å². The molecular formula is C26H37F2NO4. The second kappa shape index (κ2) is 13.4. The zero-order valence-corrected chi connectivity index (χ0v) is 19.7. The lowest BCUT2D eigenvalue weighted by atomic mass is 9.95. The third kappa shape index (κ3) is 8.88. The number of unbranched alkanes of at least 4 members (excludes halogenated alkanes) is 3. The number of esters is 1. The molecule has 1 aliphatic rings. The van der Waals surface area contributed by atoms with E-state index in [1.54, 1.807) is 12.2 Å². The van der Waals surface area contributed by atoms with E-state index in [2.05, 4.69) is 16.9 Å². The number of ether oxygens (including phenoxy) is 1. The number of aliphatic hydroxyl groups is 1. The summed E-state index contributed by atoms with van der Waals surface area (Å²) in [5.74, 6) is -4.78. The highest BCUT2D eigenvalue weighted by atomic mass is 19.3. The molecule has 1 aromatic carbocycles. The van der Waals surface area contributed by atoms with Crippen LogP contribution in [0.3, 0.4) is 0 Å². The predicted molar refractivity (Wildman–Crippen MR) is 124 cm³/mol. The average Bonchev–Trinajstić information content (AvgIpc) is 3.02. The Bertz CT molecular complexity index is 769. The third-order valence-electron chi connectivity index (χ3n) is 6.28. The number of carbonyl (C=O) groups is 2. The number of aryl methyl sites for hydroxylation is 1. The molecule has 0 aromatic heterocycles. The number of halogens is 2. The van der Waals surface area contributed by atoms with Gasteiger partial charge in [-0.25, -0.2) is 0 Å². The second-order valence-corrected chi connectivity index (χ2v) is 8.95. The van der Waals surface area contributed by atoms with Crippen LogP contribution in [0.1, 0.15) is 63.9 Å². The van der Waals surface area contributed by atoms with Crippen LogP contribution in [0.15, 0.2) is 42.5 Å². The number of carbonyl (C=O) groups excluding carboxylic acids is 2. The van der Waals surface area contributed by atoms with Crippen LogP contribution in [0.4, 0.5) is 8.78 Å². The van der Waals surface area contributed by atoms with Crippen molar-refractivity contribution in [1.82, 2.24) is 4.90 Å². The molecule has 0 radical (unpaired) electrons. The van der Waals surface area contributed by atoms with Gasteiger partial charge in [-0.3, -0.25) is 9.59 Å². The Morgan fingerprint density at radius 3 is 2.61 bits per heavy atom. The largest absolute Gasteiger partial charge is 0.469 e. The summed E-state index contributed by atoms with van der Waals surface area (Å²) in [6.07, 6.45) is 7.61. The fourth-order valence-corrected chi connectivity index (χ4v) is 4.14. The lowest BCUT2D eigenvalue weighted by Gasteiger charge is -2.22. The van der Waals surface area contributed by atoms with Crippen molar-refractivity contribution in [3.63, 3.8) is 0 Å². The number of aliphatic hydroxyl groups excluding tert-OH is 1. The fourth-order valence-electron chi connectivity index (χ4n) is 4.14. The van der Waals surface area contributed by atoms with Gasteiger partial charge in [-0.05, 0) is 43.6 Å². The summed E-state index contributed by atoms with van der Waals surface area (Å²) in [5.41, 5.74) is 1.25. The van der Waals surface area contributed by atoms with Crippen molar-refractivity contribution >= 4 is 11.9 Å². The first-order valence-corrected chi connectivity index (χ1v) is 11.9. The lowest BCUT2D eigenvalue weighted by molar-refractivity contribution is -0.148. The first-order valence-electron chi connectivity index (χ1n) is 11.9. The highest BCUT2D eigenvalue weighted by Gasteiger charge is 2.52. The standard InChI is InChI=1S/C26H37F2NO4/c1-20(11-10-14-21-12-6-5-7-13-21)23(30)17-16-22-19-26(27,28)25(32)29(22)18-9-4-3-8-15-24(31)33-2/h5-7,12-13,16-17,20,22-23,30H,3-4,8-11,14-15,18-19H2,1-2H3. The van der Waals surface area contributed by atoms with Gasteiger partial charge in [-0.15, -0.1) is 0 Å². The quantitative estimate of drug-likeness (QED) is 0.241. The van der Waals surface area contributed by atoms with E-state index in [1.807, 2.05) is 25.1 Å². The lowest BCUT2D eigenvalue weighted by Crippen LogP contribution is -2.36. The topological polar surface area (TPSA) is 66.8 Å². The Hall–Kier alpha value is -2.28. The molecule has 2 rings (SSSR count). The normalized spacial score (nSPS) is 19.7. The molecule has 1 N–H and O–H groups in total. The second-order valence-electron chi connectivity index (χ2n) is 8.95. The van der Waals surface area contributed by atoms with E-state index in [1.165, 1.54) is 17.6 Å². The van der Waals surface area contributed by atoms with Crippen LogP contribution in [-0.4, -0.2) is 53.6 Å². The van der Waals surface area contributed by atoms with Gasteiger partial charge in [0.1, 0.15) is 0 Å². The first kappa shape index (κ1) is 27.0. The molecule has 1 saturated heterocycles. The highest BCUT2D eigenvalue weighted by molar-refractivity contribution is 5.86. The van der Waals surface area contributed by atoms with Gasteiger partial charge in [0.15, 0.2) is 0 Å². The molecular weight excluding hydrogens is 428 g/mol. The number of hydrogen-bond acceptors (Lipinski definition) is 4. The van der Waals surface area contributed by atoms with Crippen LogP contribution < -0.4 is 0 Å². The third-order valence-corrected chi connectivity index (χ3v) is 6.28. The van der Waals surface area contributed by atoms with Crippen molar-refractivity contribution in [3.05, 3.63) is 48.0 Å². The minimum Gasteiger partial charge on any atom is -0.469 e. The molecule has 7 heteroatoms. The van der Waals surface area contributed by atoms with E-state index in [0.29, 0.717) is 19.3 Å². The van der Waals surface area contributed by atoms with Crippen molar-refractivity contribution in [2.45, 2.75) is 82.8 Å². The molecule has 0 bridgehead atoms. The summed E-state index contributed by atoms with van der Waals surface area (Å²) in [6, 6.07) is 9.42. The van der Waals surface area contributed by atoms with Gasteiger partial charge >= 0.3 is 11.9 Å². The van der Waals surface area contributed by atoms with Crippen molar-refractivity contribution in [2.75, 3.05) is 13.7 Å². The van der Waals surface area contributed by atoms with Gasteiger partial charge in [0.25, 0.3) is 5.91 Å². The number of amides is 1. The first-order chi connectivity index (χ1) is 15.7. The van der Waals surface area contributed by atoms with Crippen LogP contribution in [0.5, 0.6) is 0 Å². The zero-order chi connectivity index (χ0) is 24.3. The van der Waals surface area contributed by atoms with Gasteiger partial charge in [-0.2, -0.15) is 8.78 Å². The Labute approximate surface area is 195 Å². The maximum atomic E-state index is 14.1. The Balaban J connectivity index is 1.79. The van der Waals surface area contributed by atoms with E-state index in [9.17, 15) is 23.5 Å². The number of benzene rings is 1. The van der Waals surface area contributed by atoms with Crippen molar-refractivity contribution < 1.29 is 28.2 Å². The fraction of sp³-hybridized carbons (Fsp3) is 0.615. The minimum atomic E-state index is -3.37. The molecule has 1 aliphatic heterocycles. The smallest absolute Gasteiger partial charge is 0.327 e. The van der Waals surface area contributed by atoms with Crippen molar-refractivity contribution in [1.29, 1.82) is 0 Å². The maximum Gasteiger partial charge on any atom is 0.327 e. The highest BCUT2D eigenvalue weighted by Crippen LogP contribution is 2.34. The number of rotatable bonds is 14. The number of hydrogen-bond donors (Lipinski definition) is 1. The van der Waals surface area contributed by atoms with Crippen molar-refractivity contribution in [3.8, 4) is 0 Å². The van der Waals surface area contributed by atoms with Crippen LogP contribution in [0.2, 0.25) is 0 Å². The minimum absolute atomic E-state index is 0.00848. The van der Waals surface area contributed by atoms with E-state index < -0.39 is 30.4 Å². The molecule has 184 valence electrons. The molecule has 1 amide bonds. The summed E-state index contributed by atoms with van der Waals surface area (Å²) in [5, 5.41) is 10.5. The predicted octanol–water partition coefficient (Wildman–Crippen LogP) is 4.92. The Morgan fingerprint density at radius 1 is 1.21 bits per heavy atom. The summed E-state index contributed by atoms with van der Waals surface area (Å²) in [4.78, 5) is 24.5. The van der Waals surface area contributed by atoms with Crippen molar-refractivity contribution in [2.24, 2.45) is 5.92 Å². The molecule has 0 aliphatic carbocycles. The van der Waals surface area contributed by atoms with Gasteiger partial charge in [0.05, 0.1) is 19.3 Å².